The first-order valence-electron chi connectivity index (χ1n) is 8.18. The van der Waals surface area contributed by atoms with Crippen LogP contribution >= 0.6 is 46.1 Å². The Morgan fingerprint density at radius 3 is 2.64 bits per heavy atom. The molecule has 0 fully saturated rings. The summed E-state index contributed by atoms with van der Waals surface area (Å²) in [7, 11) is 0. The van der Waals surface area contributed by atoms with Crippen LogP contribution in [0, 0.1) is 13.8 Å². The van der Waals surface area contributed by atoms with Gasteiger partial charge in [0.2, 0.25) is 5.78 Å². The van der Waals surface area contributed by atoms with E-state index in [2.05, 4.69) is 9.55 Å². The van der Waals surface area contributed by atoms with Gasteiger partial charge in [-0.3, -0.25) is 4.79 Å². The molecule has 3 rings (SSSR count). The number of aryl methyl sites for hydroxylation is 1. The van der Waals surface area contributed by atoms with Crippen molar-refractivity contribution in [3.8, 4) is 0 Å². The Labute approximate surface area is 180 Å². The molecule has 0 saturated heterocycles. The molecule has 0 amide bonds. The lowest BCUT2D eigenvalue weighted by molar-refractivity contribution is 0.0469. The summed E-state index contributed by atoms with van der Waals surface area (Å²) in [6.07, 6.45) is 1.20. The molecule has 9 heteroatoms. The fraction of sp³-hybridized carbons (Fsp3) is 0.211. The fourth-order valence-electron chi connectivity index (χ4n) is 2.75. The summed E-state index contributed by atoms with van der Waals surface area (Å²) in [4.78, 5) is 29.8. The molecule has 0 bridgehead atoms. The largest absolute Gasteiger partial charge is 0.453 e. The summed E-state index contributed by atoms with van der Waals surface area (Å²) in [6, 6.07) is 5.83. The maximum Gasteiger partial charge on any atom is 0.358 e. The first kappa shape index (κ1) is 20.9. The molecule has 0 atom stereocenters. The second-order valence-corrected chi connectivity index (χ2v) is 8.23. The third kappa shape index (κ3) is 4.25. The Hall–Kier alpha value is -1.86. The maximum atomic E-state index is 12.6. The lowest BCUT2D eigenvalue weighted by Gasteiger charge is -2.09. The van der Waals surface area contributed by atoms with Crippen LogP contribution in [0.3, 0.4) is 0 Å². The zero-order chi connectivity index (χ0) is 20.4. The van der Waals surface area contributed by atoms with Crippen molar-refractivity contribution in [3.05, 3.63) is 72.4 Å². The number of Topliss-reactive ketones (excluding diaryl/α,β-unsaturated/α-hetero) is 1. The van der Waals surface area contributed by atoms with Gasteiger partial charge in [-0.2, -0.15) is 0 Å². The van der Waals surface area contributed by atoms with Crippen molar-refractivity contribution < 1.29 is 14.3 Å². The number of nitrogens with zero attached hydrogens (tertiary/aromatic N) is 2. The second kappa shape index (κ2) is 8.66. The summed E-state index contributed by atoms with van der Waals surface area (Å²) < 4.78 is 7.14. The summed E-state index contributed by atoms with van der Waals surface area (Å²) in [6.45, 7) is 4.06. The molecule has 0 spiro atoms. The lowest BCUT2D eigenvalue weighted by atomic mass is 10.1. The van der Waals surface area contributed by atoms with Gasteiger partial charge in [-0.25, -0.2) is 9.78 Å². The van der Waals surface area contributed by atoms with Gasteiger partial charge >= 0.3 is 5.97 Å². The predicted octanol–water partition coefficient (Wildman–Crippen LogP) is 5.61. The minimum absolute atomic E-state index is 0.00809. The number of aromatic nitrogens is 2. The Bertz CT molecular complexity index is 1050. The minimum Gasteiger partial charge on any atom is -0.453 e. The number of ketones is 1. The van der Waals surface area contributed by atoms with E-state index < -0.39 is 12.6 Å². The molecule has 0 aliphatic carbocycles. The highest BCUT2D eigenvalue weighted by atomic mass is 35.5. The van der Waals surface area contributed by atoms with Crippen LogP contribution in [0.25, 0.3) is 0 Å². The molecule has 5 nitrogen and oxygen atoms in total. The average molecular weight is 458 g/mol. The Kier molecular flexibility index (Phi) is 6.45. The molecule has 0 aliphatic rings. The quantitative estimate of drug-likeness (QED) is 0.356. The molecule has 0 N–H and O–H groups in total. The normalized spacial score (nSPS) is 10.9. The van der Waals surface area contributed by atoms with E-state index in [0.717, 1.165) is 11.4 Å². The van der Waals surface area contributed by atoms with Gasteiger partial charge in [0.1, 0.15) is 0 Å². The van der Waals surface area contributed by atoms with Crippen LogP contribution in [-0.2, 0) is 11.3 Å². The van der Waals surface area contributed by atoms with E-state index in [1.165, 1.54) is 11.1 Å². The summed E-state index contributed by atoms with van der Waals surface area (Å²) >= 11 is 19.3. The minimum atomic E-state index is -0.843. The number of halogens is 3. The van der Waals surface area contributed by atoms with Gasteiger partial charge in [-0.05, 0) is 31.4 Å². The van der Waals surface area contributed by atoms with Gasteiger partial charge < -0.3 is 9.30 Å². The summed E-state index contributed by atoms with van der Waals surface area (Å²) in [5.74, 6) is -1.15. The Morgan fingerprint density at radius 2 is 1.96 bits per heavy atom. The second-order valence-electron chi connectivity index (χ2n) is 6.03. The van der Waals surface area contributed by atoms with Crippen molar-refractivity contribution >= 4 is 57.9 Å². The van der Waals surface area contributed by atoms with Crippen LogP contribution in [0.2, 0.25) is 15.1 Å². The van der Waals surface area contributed by atoms with Crippen molar-refractivity contribution in [2.75, 3.05) is 6.61 Å². The summed E-state index contributed by atoms with van der Waals surface area (Å²) in [5.41, 5.74) is 2.09. The number of esters is 1. The van der Waals surface area contributed by atoms with Crippen LogP contribution in [0.15, 0.2) is 29.8 Å². The van der Waals surface area contributed by atoms with Gasteiger partial charge in [0.25, 0.3) is 0 Å². The van der Waals surface area contributed by atoms with E-state index in [9.17, 15) is 9.59 Å². The molecule has 3 aromatic rings. The molecule has 3 aromatic heterocycles. The monoisotopic (exact) mass is 456 g/mol. The SMILES string of the molecule is Cc1cc(C(=O)COC(=O)c2ncc(Cl)c(Cl)c2Cl)c(C)n1Cc1cccs1. The fourth-order valence-corrected chi connectivity index (χ4v) is 4.00. The van der Waals surface area contributed by atoms with Crippen LogP contribution in [0.4, 0.5) is 0 Å². The predicted molar refractivity (Wildman–Crippen MR) is 111 cm³/mol. The van der Waals surface area contributed by atoms with Crippen molar-refractivity contribution in [1.82, 2.24) is 9.55 Å². The Balaban J connectivity index is 1.72. The topological polar surface area (TPSA) is 61.2 Å². The standard InChI is InChI=1S/C19H15Cl3N2O3S/c1-10-6-13(11(2)24(10)8-12-4-3-5-28-12)15(25)9-27-19(26)18-17(22)16(21)14(20)7-23-18/h3-7H,8-9H2,1-2H3. The molecule has 0 aliphatic heterocycles. The third-order valence-electron chi connectivity index (χ3n) is 4.21. The highest BCUT2D eigenvalue weighted by Crippen LogP contribution is 2.31. The number of carbonyl (C=O) groups excluding carboxylic acids is 2. The molecular formula is C19H15Cl3N2O3S. The maximum absolute atomic E-state index is 12.6. The van der Waals surface area contributed by atoms with Crippen LogP contribution in [0.5, 0.6) is 0 Å². The van der Waals surface area contributed by atoms with E-state index in [1.54, 1.807) is 17.4 Å². The van der Waals surface area contributed by atoms with Gasteiger partial charge in [0.15, 0.2) is 12.3 Å². The highest BCUT2D eigenvalue weighted by molar-refractivity contribution is 7.09. The van der Waals surface area contributed by atoms with Crippen LogP contribution in [-0.4, -0.2) is 27.9 Å². The number of rotatable bonds is 6. The van der Waals surface area contributed by atoms with Crippen molar-refractivity contribution in [2.45, 2.75) is 20.4 Å². The number of thiophene rings is 1. The van der Waals surface area contributed by atoms with Gasteiger partial charge in [-0.15, -0.1) is 11.3 Å². The number of hydrogen-bond acceptors (Lipinski definition) is 5. The van der Waals surface area contributed by atoms with Crippen LogP contribution < -0.4 is 0 Å². The number of pyridine rings is 1. The summed E-state index contributed by atoms with van der Waals surface area (Å²) in [5, 5.41) is 2.03. The van der Waals surface area contributed by atoms with Gasteiger partial charge in [0.05, 0.1) is 21.6 Å². The highest BCUT2D eigenvalue weighted by Gasteiger charge is 2.21. The Morgan fingerprint density at radius 1 is 1.21 bits per heavy atom. The number of carbonyl (C=O) groups is 2. The van der Waals surface area contributed by atoms with Crippen molar-refractivity contribution in [2.24, 2.45) is 0 Å². The van der Waals surface area contributed by atoms with E-state index in [0.29, 0.717) is 12.1 Å². The first-order chi connectivity index (χ1) is 13.3. The van der Waals surface area contributed by atoms with Gasteiger partial charge in [-0.1, -0.05) is 40.9 Å². The molecule has 0 unspecified atom stereocenters. The zero-order valence-corrected chi connectivity index (χ0v) is 18.0. The third-order valence-corrected chi connectivity index (χ3v) is 6.31. The van der Waals surface area contributed by atoms with E-state index >= 15 is 0 Å². The molecule has 3 heterocycles. The van der Waals surface area contributed by atoms with Crippen molar-refractivity contribution in [1.29, 1.82) is 0 Å². The molecule has 146 valence electrons. The lowest BCUT2D eigenvalue weighted by Crippen LogP contribution is -2.16. The smallest absolute Gasteiger partial charge is 0.358 e. The average Bonchev–Trinajstić information content (AvgIpc) is 3.28. The molecule has 0 saturated carbocycles. The van der Waals surface area contributed by atoms with Gasteiger partial charge in [0, 0.05) is 28.0 Å². The number of ether oxygens (including phenoxy) is 1. The van der Waals surface area contributed by atoms with Crippen LogP contribution in [0.1, 0.15) is 37.1 Å². The first-order valence-corrected chi connectivity index (χ1v) is 10.2. The molecule has 0 aromatic carbocycles. The zero-order valence-electron chi connectivity index (χ0n) is 15.0. The van der Waals surface area contributed by atoms with E-state index in [1.807, 2.05) is 31.4 Å². The number of hydrogen-bond donors (Lipinski definition) is 0. The molecular weight excluding hydrogens is 443 g/mol. The van der Waals surface area contributed by atoms with Crippen molar-refractivity contribution in [3.63, 3.8) is 0 Å². The molecule has 28 heavy (non-hydrogen) atoms. The van der Waals surface area contributed by atoms with E-state index in [-0.39, 0.29) is 26.5 Å². The van der Waals surface area contributed by atoms with E-state index in [4.69, 9.17) is 39.5 Å². The molecule has 0 radical (unpaired) electrons.